The normalized spacial score (nSPS) is 10.2. The maximum atomic E-state index is 14.0. The number of hydrogen-bond acceptors (Lipinski definition) is 1. The fourth-order valence-electron chi connectivity index (χ4n) is 2.22. The molecular formula is C19H20FN. The van der Waals surface area contributed by atoms with E-state index in [4.69, 9.17) is 0 Å². The van der Waals surface area contributed by atoms with Crippen molar-refractivity contribution in [1.29, 1.82) is 0 Å². The lowest BCUT2D eigenvalue weighted by molar-refractivity contribution is 0.623. The highest BCUT2D eigenvalue weighted by Crippen LogP contribution is 2.22. The summed E-state index contributed by atoms with van der Waals surface area (Å²) in [5.74, 6) is -0.226. The minimum absolute atomic E-state index is 0.226. The first kappa shape index (κ1) is 15.0. The molecule has 0 aliphatic heterocycles. The Kier molecular flexibility index (Phi) is 4.94. The van der Waals surface area contributed by atoms with Crippen LogP contribution in [0.15, 0.2) is 67.8 Å². The van der Waals surface area contributed by atoms with Gasteiger partial charge in [0.25, 0.3) is 0 Å². The van der Waals surface area contributed by atoms with Crippen molar-refractivity contribution in [2.45, 2.75) is 6.92 Å². The van der Waals surface area contributed by atoms with E-state index in [1.807, 2.05) is 23.1 Å². The zero-order valence-corrected chi connectivity index (χ0v) is 12.3. The summed E-state index contributed by atoms with van der Waals surface area (Å²) in [4.78, 5) is 1.94. The molecule has 0 aromatic heterocycles. The van der Waals surface area contributed by atoms with Gasteiger partial charge in [-0.3, -0.25) is 0 Å². The number of halogens is 1. The fraction of sp³-hybridized carbons (Fsp3) is 0.158. The SMILES string of the molecule is C=CCN(CC(=C)c1ccc(C)cc1)c1ccccc1F. The number of rotatable bonds is 6. The van der Waals surface area contributed by atoms with E-state index in [1.165, 1.54) is 11.6 Å². The Morgan fingerprint density at radius 3 is 2.43 bits per heavy atom. The zero-order chi connectivity index (χ0) is 15.2. The molecular weight excluding hydrogens is 261 g/mol. The molecule has 21 heavy (non-hydrogen) atoms. The third-order valence-electron chi connectivity index (χ3n) is 3.38. The van der Waals surface area contributed by atoms with E-state index in [-0.39, 0.29) is 5.82 Å². The van der Waals surface area contributed by atoms with Gasteiger partial charge in [-0.15, -0.1) is 6.58 Å². The van der Waals surface area contributed by atoms with Gasteiger partial charge in [-0.25, -0.2) is 4.39 Å². The predicted molar refractivity (Wildman–Crippen MR) is 89.0 cm³/mol. The average Bonchev–Trinajstić information content (AvgIpc) is 2.48. The molecule has 0 spiro atoms. The van der Waals surface area contributed by atoms with Crippen molar-refractivity contribution in [3.8, 4) is 0 Å². The van der Waals surface area contributed by atoms with E-state index in [1.54, 1.807) is 18.2 Å². The minimum atomic E-state index is -0.226. The van der Waals surface area contributed by atoms with Crippen LogP contribution >= 0.6 is 0 Å². The second-order valence-corrected chi connectivity index (χ2v) is 5.09. The highest BCUT2D eigenvalue weighted by molar-refractivity contribution is 5.68. The van der Waals surface area contributed by atoms with Crippen LogP contribution in [-0.2, 0) is 0 Å². The third kappa shape index (κ3) is 3.82. The van der Waals surface area contributed by atoms with Gasteiger partial charge < -0.3 is 4.90 Å². The number of aryl methyl sites for hydroxylation is 1. The number of nitrogens with zero attached hydrogens (tertiary/aromatic N) is 1. The highest BCUT2D eigenvalue weighted by atomic mass is 19.1. The van der Waals surface area contributed by atoms with Crippen LogP contribution < -0.4 is 4.90 Å². The van der Waals surface area contributed by atoms with Crippen LogP contribution in [0, 0.1) is 12.7 Å². The number of anilines is 1. The Hall–Kier alpha value is -2.35. The molecule has 2 aromatic carbocycles. The van der Waals surface area contributed by atoms with Crippen LogP contribution in [0.4, 0.5) is 10.1 Å². The summed E-state index contributed by atoms with van der Waals surface area (Å²) >= 11 is 0. The first-order chi connectivity index (χ1) is 10.1. The molecule has 0 amide bonds. The second-order valence-electron chi connectivity index (χ2n) is 5.09. The van der Waals surface area contributed by atoms with Crippen molar-refractivity contribution in [3.63, 3.8) is 0 Å². The third-order valence-corrected chi connectivity index (χ3v) is 3.38. The number of para-hydroxylation sites is 1. The van der Waals surface area contributed by atoms with Gasteiger partial charge in [0.15, 0.2) is 0 Å². The monoisotopic (exact) mass is 281 g/mol. The largest absolute Gasteiger partial charge is 0.361 e. The molecule has 2 aromatic rings. The molecule has 0 atom stereocenters. The standard InChI is InChI=1S/C19H20FN/c1-4-13-21(19-8-6-5-7-18(19)20)14-16(3)17-11-9-15(2)10-12-17/h4-12H,1,3,13-14H2,2H3. The van der Waals surface area contributed by atoms with Crippen LogP contribution in [0.1, 0.15) is 11.1 Å². The van der Waals surface area contributed by atoms with Gasteiger partial charge >= 0.3 is 0 Å². The van der Waals surface area contributed by atoms with Crippen molar-refractivity contribution in [2.75, 3.05) is 18.0 Å². The average molecular weight is 281 g/mol. The summed E-state index contributed by atoms with van der Waals surface area (Å²) in [6, 6.07) is 15.0. The lowest BCUT2D eigenvalue weighted by Crippen LogP contribution is -2.26. The zero-order valence-electron chi connectivity index (χ0n) is 12.3. The Morgan fingerprint density at radius 1 is 1.14 bits per heavy atom. The summed E-state index contributed by atoms with van der Waals surface area (Å²) in [6.45, 7) is 11.1. The van der Waals surface area contributed by atoms with E-state index < -0.39 is 0 Å². The Labute approximate surface area is 126 Å². The summed E-state index contributed by atoms with van der Waals surface area (Å²) in [5, 5.41) is 0. The van der Waals surface area contributed by atoms with E-state index in [0.717, 1.165) is 11.1 Å². The van der Waals surface area contributed by atoms with Crippen LogP contribution in [0.25, 0.3) is 5.57 Å². The maximum Gasteiger partial charge on any atom is 0.146 e. The van der Waals surface area contributed by atoms with Gasteiger partial charge in [0, 0.05) is 13.1 Å². The Morgan fingerprint density at radius 2 is 1.81 bits per heavy atom. The first-order valence-corrected chi connectivity index (χ1v) is 6.97. The van der Waals surface area contributed by atoms with Crippen LogP contribution in [0.2, 0.25) is 0 Å². The lowest BCUT2D eigenvalue weighted by Gasteiger charge is -2.25. The molecule has 2 rings (SSSR count). The van der Waals surface area contributed by atoms with E-state index in [0.29, 0.717) is 18.8 Å². The molecule has 108 valence electrons. The van der Waals surface area contributed by atoms with Crippen LogP contribution in [-0.4, -0.2) is 13.1 Å². The molecule has 0 aliphatic rings. The van der Waals surface area contributed by atoms with E-state index in [2.05, 4.69) is 32.2 Å². The van der Waals surface area contributed by atoms with Crippen molar-refractivity contribution in [3.05, 3.63) is 84.7 Å². The van der Waals surface area contributed by atoms with Gasteiger partial charge in [-0.05, 0) is 30.2 Å². The quantitative estimate of drug-likeness (QED) is 0.685. The Balaban J connectivity index is 2.20. The molecule has 2 heteroatoms. The second kappa shape index (κ2) is 6.89. The van der Waals surface area contributed by atoms with Crippen LogP contribution in [0.5, 0.6) is 0 Å². The minimum Gasteiger partial charge on any atom is -0.361 e. The van der Waals surface area contributed by atoms with Crippen molar-refractivity contribution in [2.24, 2.45) is 0 Å². The topological polar surface area (TPSA) is 3.24 Å². The highest BCUT2D eigenvalue weighted by Gasteiger charge is 2.11. The molecule has 0 fully saturated rings. The van der Waals surface area contributed by atoms with Crippen LogP contribution in [0.3, 0.4) is 0 Å². The van der Waals surface area contributed by atoms with Gasteiger partial charge in [-0.1, -0.05) is 54.6 Å². The molecule has 0 N–H and O–H groups in total. The van der Waals surface area contributed by atoms with Crippen molar-refractivity contribution in [1.82, 2.24) is 0 Å². The summed E-state index contributed by atoms with van der Waals surface area (Å²) in [7, 11) is 0. The lowest BCUT2D eigenvalue weighted by atomic mass is 10.1. The molecule has 0 aliphatic carbocycles. The Bertz CT molecular complexity index is 628. The van der Waals surface area contributed by atoms with Crippen molar-refractivity contribution < 1.29 is 4.39 Å². The molecule has 0 unspecified atom stereocenters. The molecule has 0 heterocycles. The summed E-state index contributed by atoms with van der Waals surface area (Å²) < 4.78 is 14.0. The van der Waals surface area contributed by atoms with Gasteiger partial charge in [0.1, 0.15) is 5.82 Å². The summed E-state index contributed by atoms with van der Waals surface area (Å²) in [5.41, 5.74) is 3.82. The van der Waals surface area contributed by atoms with E-state index in [9.17, 15) is 4.39 Å². The molecule has 0 bridgehead atoms. The predicted octanol–water partition coefficient (Wildman–Crippen LogP) is 4.84. The first-order valence-electron chi connectivity index (χ1n) is 6.97. The van der Waals surface area contributed by atoms with Crippen molar-refractivity contribution >= 4 is 11.3 Å². The molecule has 1 nitrogen and oxygen atoms in total. The fourth-order valence-corrected chi connectivity index (χ4v) is 2.22. The maximum absolute atomic E-state index is 14.0. The number of hydrogen-bond donors (Lipinski definition) is 0. The number of benzene rings is 2. The van der Waals surface area contributed by atoms with Gasteiger partial charge in [0.2, 0.25) is 0 Å². The molecule has 0 saturated carbocycles. The van der Waals surface area contributed by atoms with E-state index >= 15 is 0 Å². The van der Waals surface area contributed by atoms with Gasteiger partial charge in [0.05, 0.1) is 5.69 Å². The van der Waals surface area contributed by atoms with Gasteiger partial charge in [-0.2, -0.15) is 0 Å². The molecule has 0 saturated heterocycles. The molecule has 0 radical (unpaired) electrons. The smallest absolute Gasteiger partial charge is 0.146 e. The summed E-state index contributed by atoms with van der Waals surface area (Å²) in [6.07, 6.45) is 1.77.